The first-order valence-electron chi connectivity index (χ1n) is 7.60. The van der Waals surface area contributed by atoms with Crippen molar-refractivity contribution in [1.82, 2.24) is 0 Å². The van der Waals surface area contributed by atoms with Crippen LogP contribution in [-0.2, 0) is 32.6 Å². The van der Waals surface area contributed by atoms with E-state index in [2.05, 4.69) is 84.9 Å². The molecule has 1 heteroatoms. The molecular weight excluding hydrogens is 355 g/mol. The summed E-state index contributed by atoms with van der Waals surface area (Å²) in [4.78, 5) is 0. The maximum absolute atomic E-state index is 3.30. The van der Waals surface area contributed by atoms with E-state index >= 15 is 0 Å². The molecule has 0 radical (unpaired) electrons. The zero-order valence-corrected chi connectivity index (χ0v) is 15.2. The van der Waals surface area contributed by atoms with E-state index in [1.165, 1.54) is 33.0 Å². The van der Waals surface area contributed by atoms with Crippen LogP contribution in [0.2, 0.25) is 0 Å². The predicted octanol–water partition coefficient (Wildman–Crippen LogP) is 5.61. The molecule has 0 N–H and O–H groups in total. The third-order valence-electron chi connectivity index (χ3n) is 4.16. The fourth-order valence-corrected chi connectivity index (χ4v) is 3.07. The van der Waals surface area contributed by atoms with Crippen molar-refractivity contribution in [2.24, 2.45) is 0 Å². The number of hydrogen-bond acceptors (Lipinski definition) is 0. The van der Waals surface area contributed by atoms with Gasteiger partial charge in [0.15, 0.2) is 0 Å². The fourth-order valence-electron chi connectivity index (χ4n) is 3.07. The third-order valence-corrected chi connectivity index (χ3v) is 4.16. The third kappa shape index (κ3) is 3.26. The second-order valence-corrected chi connectivity index (χ2v) is 5.55. The summed E-state index contributed by atoms with van der Waals surface area (Å²) < 4.78 is 0. The van der Waals surface area contributed by atoms with Crippen LogP contribution in [0.5, 0.6) is 0 Å². The number of fused-ring (bicyclic) bond motifs is 4. The Morgan fingerprint density at radius 2 is 1.57 bits per heavy atom. The first-order valence-corrected chi connectivity index (χ1v) is 7.60. The summed E-state index contributed by atoms with van der Waals surface area (Å²) in [6.45, 7) is 0. The maximum atomic E-state index is 3.30. The van der Waals surface area contributed by atoms with Gasteiger partial charge in [0.25, 0.3) is 0 Å². The molecule has 0 nitrogen and oxygen atoms in total. The average Bonchev–Trinajstić information content (AvgIpc) is 3.19. The van der Waals surface area contributed by atoms with Crippen LogP contribution in [0.4, 0.5) is 0 Å². The van der Waals surface area contributed by atoms with Gasteiger partial charge < -0.3 is 0 Å². The summed E-state index contributed by atoms with van der Waals surface area (Å²) in [5, 5.41) is 2.66. The second kappa shape index (κ2) is 7.15. The minimum Gasteiger partial charge on any atom is -0.179 e. The van der Waals surface area contributed by atoms with Gasteiger partial charge in [0.05, 0.1) is 0 Å². The normalized spacial score (nSPS) is 11.0. The molecular formula is C22H16Zr. The van der Waals surface area contributed by atoms with Gasteiger partial charge >= 0.3 is 26.2 Å². The van der Waals surface area contributed by atoms with Crippen LogP contribution < -0.4 is 0 Å². The van der Waals surface area contributed by atoms with Gasteiger partial charge in [-0.25, -0.2) is 0 Å². The van der Waals surface area contributed by atoms with Gasteiger partial charge in [0.2, 0.25) is 0 Å². The summed E-state index contributed by atoms with van der Waals surface area (Å²) in [6, 6.07) is 32.8. The first-order chi connectivity index (χ1) is 10.9. The molecule has 108 valence electrons. The molecule has 5 rings (SSSR count). The van der Waals surface area contributed by atoms with Crippen LogP contribution in [0.25, 0.3) is 21.9 Å². The Morgan fingerprint density at radius 3 is 2.48 bits per heavy atom. The van der Waals surface area contributed by atoms with E-state index in [1.807, 2.05) is 6.07 Å². The molecule has 0 fully saturated rings. The van der Waals surface area contributed by atoms with Gasteiger partial charge in [-0.1, -0.05) is 41.5 Å². The Balaban J connectivity index is 0.000000138. The summed E-state index contributed by atoms with van der Waals surface area (Å²) >= 11 is 0. The summed E-state index contributed by atoms with van der Waals surface area (Å²) in [6.07, 6.45) is 1.05. The number of benzene rings is 3. The van der Waals surface area contributed by atoms with Crippen LogP contribution >= 0.6 is 0 Å². The smallest absolute Gasteiger partial charge is 0.179 e. The molecule has 0 aromatic heterocycles. The molecule has 0 amide bonds. The Bertz CT molecular complexity index is 844. The molecule has 4 aromatic rings. The molecule has 1 aliphatic rings. The molecule has 0 aliphatic heterocycles. The zero-order chi connectivity index (χ0) is 14.8. The number of hydrogen-bond donors (Lipinski definition) is 0. The Kier molecular flexibility index (Phi) is 4.98. The quantitative estimate of drug-likeness (QED) is 0.310. The van der Waals surface area contributed by atoms with Gasteiger partial charge in [0.1, 0.15) is 0 Å². The topological polar surface area (TPSA) is 0 Å². The number of rotatable bonds is 0. The van der Waals surface area contributed by atoms with E-state index in [4.69, 9.17) is 0 Å². The van der Waals surface area contributed by atoms with Crippen LogP contribution in [0, 0.1) is 6.07 Å². The predicted molar refractivity (Wildman–Crippen MR) is 93.1 cm³/mol. The molecule has 1 aliphatic carbocycles. The van der Waals surface area contributed by atoms with Crippen molar-refractivity contribution in [2.45, 2.75) is 6.42 Å². The fraction of sp³-hybridized carbons (Fsp3) is 0.0455. The molecule has 4 aromatic carbocycles. The largest absolute Gasteiger partial charge is 2.00 e. The van der Waals surface area contributed by atoms with Gasteiger partial charge in [-0.15, -0.1) is 35.2 Å². The SMILES string of the molecule is [Zr+2].[c-]1cccc2c1Cc1ccccc1-2.c1ccc2[cH-]ccc2c1. The summed E-state index contributed by atoms with van der Waals surface area (Å²) in [7, 11) is 0. The van der Waals surface area contributed by atoms with Crippen molar-refractivity contribution in [3.05, 3.63) is 102 Å². The van der Waals surface area contributed by atoms with E-state index < -0.39 is 0 Å². The van der Waals surface area contributed by atoms with Gasteiger partial charge in [-0.3, -0.25) is 0 Å². The van der Waals surface area contributed by atoms with Crippen molar-refractivity contribution in [3.8, 4) is 11.1 Å². The molecule has 0 saturated carbocycles. The van der Waals surface area contributed by atoms with E-state index in [1.54, 1.807) is 0 Å². The van der Waals surface area contributed by atoms with E-state index in [-0.39, 0.29) is 26.2 Å². The minimum absolute atomic E-state index is 0. The van der Waals surface area contributed by atoms with Crippen molar-refractivity contribution >= 4 is 10.8 Å². The zero-order valence-electron chi connectivity index (χ0n) is 12.8. The Hall–Kier alpha value is -1.85. The van der Waals surface area contributed by atoms with Crippen LogP contribution in [0.1, 0.15) is 11.1 Å². The standard InChI is InChI=1S/C13H9.C9H7.Zr/c1-3-7-12-10(5-1)9-11-6-2-4-8-13(11)12;1-2-5-9-7-3-6-8(9)4-1;/h1-5,7-8H,9H2;1-7H;/q2*-1;+2. The monoisotopic (exact) mass is 370 g/mol. The van der Waals surface area contributed by atoms with E-state index in [9.17, 15) is 0 Å². The van der Waals surface area contributed by atoms with Gasteiger partial charge in [-0.2, -0.15) is 47.3 Å². The van der Waals surface area contributed by atoms with E-state index in [0.29, 0.717) is 0 Å². The summed E-state index contributed by atoms with van der Waals surface area (Å²) in [5.41, 5.74) is 5.51. The Morgan fingerprint density at radius 1 is 0.783 bits per heavy atom. The second-order valence-electron chi connectivity index (χ2n) is 5.55. The van der Waals surface area contributed by atoms with Crippen LogP contribution in [0.3, 0.4) is 0 Å². The molecule has 0 spiro atoms. The van der Waals surface area contributed by atoms with Crippen molar-refractivity contribution in [3.63, 3.8) is 0 Å². The van der Waals surface area contributed by atoms with Crippen molar-refractivity contribution in [1.29, 1.82) is 0 Å². The molecule has 0 unspecified atom stereocenters. The Labute approximate surface area is 156 Å². The van der Waals surface area contributed by atoms with Gasteiger partial charge in [0, 0.05) is 0 Å². The van der Waals surface area contributed by atoms with Crippen LogP contribution in [-0.4, -0.2) is 0 Å². The maximum Gasteiger partial charge on any atom is 2.00 e. The molecule has 23 heavy (non-hydrogen) atoms. The molecule has 0 heterocycles. The van der Waals surface area contributed by atoms with Crippen molar-refractivity contribution < 1.29 is 26.2 Å². The molecule has 0 saturated heterocycles. The average molecular weight is 372 g/mol. The van der Waals surface area contributed by atoms with Crippen molar-refractivity contribution in [2.75, 3.05) is 0 Å². The summed E-state index contributed by atoms with van der Waals surface area (Å²) in [5.74, 6) is 0. The van der Waals surface area contributed by atoms with Crippen LogP contribution in [0.15, 0.2) is 84.9 Å². The minimum atomic E-state index is 0. The molecule has 0 atom stereocenters. The van der Waals surface area contributed by atoms with Gasteiger partial charge in [-0.05, 0) is 6.42 Å². The van der Waals surface area contributed by atoms with E-state index in [0.717, 1.165) is 6.42 Å². The first kappa shape index (κ1) is 16.0. The molecule has 0 bridgehead atoms.